The van der Waals surface area contributed by atoms with E-state index in [0.717, 1.165) is 18.9 Å². The highest BCUT2D eigenvalue weighted by molar-refractivity contribution is 4.76. The van der Waals surface area contributed by atoms with Crippen LogP contribution in [0.15, 0.2) is 0 Å². The Labute approximate surface area is 83.5 Å². The van der Waals surface area contributed by atoms with Gasteiger partial charge in [-0.15, -0.1) is 0 Å². The molecule has 0 atom stereocenters. The molecule has 2 radical (unpaired) electrons. The van der Waals surface area contributed by atoms with Gasteiger partial charge in [-0.1, -0.05) is 33.1 Å². The summed E-state index contributed by atoms with van der Waals surface area (Å²) in [6.45, 7) is 10.2. The van der Waals surface area contributed by atoms with Crippen molar-refractivity contribution in [1.29, 1.82) is 0 Å². The summed E-state index contributed by atoms with van der Waals surface area (Å²) in [6, 6.07) is 0.845. The molecule has 0 heterocycles. The lowest BCUT2D eigenvalue weighted by Gasteiger charge is -2.33. The third kappa shape index (κ3) is 3.68. The van der Waals surface area contributed by atoms with Gasteiger partial charge in [0.1, 0.15) is 0 Å². The summed E-state index contributed by atoms with van der Waals surface area (Å²) >= 11 is 0. The van der Waals surface area contributed by atoms with Gasteiger partial charge < -0.3 is 4.90 Å². The second-order valence-corrected chi connectivity index (χ2v) is 4.03. The van der Waals surface area contributed by atoms with Gasteiger partial charge in [0.2, 0.25) is 0 Å². The maximum atomic E-state index is 3.94. The quantitative estimate of drug-likeness (QED) is 0.630. The van der Waals surface area contributed by atoms with E-state index in [-0.39, 0.29) is 0 Å². The highest BCUT2D eigenvalue weighted by Gasteiger charge is 2.19. The smallest absolute Gasteiger partial charge is 0.00952 e. The Kier molecular flexibility index (Phi) is 5.45. The minimum Gasteiger partial charge on any atom is -0.300 e. The van der Waals surface area contributed by atoms with Crippen LogP contribution in [0, 0.1) is 13.8 Å². The molecule has 1 saturated carbocycles. The van der Waals surface area contributed by atoms with E-state index in [1.165, 1.54) is 45.2 Å². The Morgan fingerprint density at radius 1 is 0.923 bits per heavy atom. The van der Waals surface area contributed by atoms with Crippen LogP contribution in [0.25, 0.3) is 0 Å². The molecule has 1 nitrogen and oxygen atoms in total. The molecule has 1 fully saturated rings. The van der Waals surface area contributed by atoms with Crippen LogP contribution in [0.5, 0.6) is 0 Å². The molecule has 13 heavy (non-hydrogen) atoms. The molecule has 0 aromatic heterocycles. The van der Waals surface area contributed by atoms with E-state index in [0.29, 0.717) is 0 Å². The second kappa shape index (κ2) is 6.42. The lowest BCUT2D eigenvalue weighted by molar-refractivity contribution is 0.160. The molecule has 1 rings (SSSR count). The first-order chi connectivity index (χ1) is 6.38. The fourth-order valence-corrected chi connectivity index (χ4v) is 2.33. The van der Waals surface area contributed by atoms with Crippen LogP contribution in [0.1, 0.15) is 44.9 Å². The highest BCUT2D eigenvalue weighted by Crippen LogP contribution is 2.22. The molecule has 0 N–H and O–H groups in total. The molecule has 0 bridgehead atoms. The molecule has 1 aliphatic rings. The number of rotatable bonds is 5. The summed E-state index contributed by atoms with van der Waals surface area (Å²) in [7, 11) is 0. The molecule has 0 aromatic carbocycles. The molecule has 0 aliphatic heterocycles. The van der Waals surface area contributed by atoms with Crippen molar-refractivity contribution in [2.75, 3.05) is 13.1 Å². The minimum atomic E-state index is 0.845. The standard InChI is InChI=1S/C12H23N/c1-3-10-13(11-4-2)12-8-6-5-7-9-12/h12H,1-11H2. The van der Waals surface area contributed by atoms with Crippen molar-refractivity contribution in [3.8, 4) is 0 Å². The lowest BCUT2D eigenvalue weighted by atomic mass is 9.94. The molecule has 1 heteroatoms. The summed E-state index contributed by atoms with van der Waals surface area (Å²) < 4.78 is 0. The molecule has 0 spiro atoms. The van der Waals surface area contributed by atoms with E-state index in [9.17, 15) is 0 Å². The molecule has 0 amide bonds. The van der Waals surface area contributed by atoms with E-state index >= 15 is 0 Å². The van der Waals surface area contributed by atoms with E-state index in [1.807, 2.05) is 0 Å². The van der Waals surface area contributed by atoms with Crippen LogP contribution in [0.4, 0.5) is 0 Å². The van der Waals surface area contributed by atoms with Crippen LogP contribution < -0.4 is 0 Å². The zero-order valence-electron chi connectivity index (χ0n) is 8.80. The van der Waals surface area contributed by atoms with E-state index in [1.54, 1.807) is 0 Å². The third-order valence-electron chi connectivity index (χ3n) is 2.98. The number of nitrogens with zero attached hydrogens (tertiary/aromatic N) is 1. The van der Waals surface area contributed by atoms with Gasteiger partial charge in [0.15, 0.2) is 0 Å². The molecule has 0 saturated heterocycles. The Morgan fingerprint density at radius 2 is 1.46 bits per heavy atom. The van der Waals surface area contributed by atoms with E-state index < -0.39 is 0 Å². The van der Waals surface area contributed by atoms with Crippen molar-refractivity contribution in [2.45, 2.75) is 51.0 Å². The van der Waals surface area contributed by atoms with Crippen molar-refractivity contribution in [2.24, 2.45) is 0 Å². The lowest BCUT2D eigenvalue weighted by Crippen LogP contribution is -2.37. The summed E-state index contributed by atoms with van der Waals surface area (Å²) in [6.07, 6.45) is 9.18. The van der Waals surface area contributed by atoms with E-state index in [4.69, 9.17) is 0 Å². The van der Waals surface area contributed by atoms with Crippen LogP contribution in [0.3, 0.4) is 0 Å². The fraction of sp³-hybridized carbons (Fsp3) is 0.833. The van der Waals surface area contributed by atoms with Gasteiger partial charge in [0.05, 0.1) is 0 Å². The molecule has 0 aromatic rings. The van der Waals surface area contributed by atoms with E-state index in [2.05, 4.69) is 18.7 Å². The van der Waals surface area contributed by atoms with Crippen LogP contribution in [-0.4, -0.2) is 24.0 Å². The molecule has 1 aliphatic carbocycles. The first kappa shape index (κ1) is 11.0. The second-order valence-electron chi connectivity index (χ2n) is 4.03. The molecular formula is C12H23N. The summed E-state index contributed by atoms with van der Waals surface area (Å²) in [4.78, 5) is 2.60. The average Bonchev–Trinajstić information content (AvgIpc) is 2.19. The fourth-order valence-electron chi connectivity index (χ4n) is 2.33. The maximum absolute atomic E-state index is 3.94. The van der Waals surface area contributed by atoms with Crippen LogP contribution in [0.2, 0.25) is 0 Å². The zero-order chi connectivity index (χ0) is 9.52. The molecule has 0 unspecified atom stereocenters. The van der Waals surface area contributed by atoms with Gasteiger partial charge in [0.25, 0.3) is 0 Å². The van der Waals surface area contributed by atoms with Crippen molar-refractivity contribution in [3.63, 3.8) is 0 Å². The van der Waals surface area contributed by atoms with Gasteiger partial charge in [-0.05, 0) is 38.8 Å². The van der Waals surface area contributed by atoms with Crippen molar-refractivity contribution >= 4 is 0 Å². The Bertz CT molecular complexity index is 110. The monoisotopic (exact) mass is 181 g/mol. The topological polar surface area (TPSA) is 3.24 Å². The number of hydrogen-bond acceptors (Lipinski definition) is 1. The van der Waals surface area contributed by atoms with Gasteiger partial charge in [0, 0.05) is 6.04 Å². The zero-order valence-corrected chi connectivity index (χ0v) is 8.80. The third-order valence-corrected chi connectivity index (χ3v) is 2.98. The first-order valence-corrected chi connectivity index (χ1v) is 5.71. The number of hydrogen-bond donors (Lipinski definition) is 0. The molecular weight excluding hydrogens is 158 g/mol. The average molecular weight is 181 g/mol. The summed E-state index contributed by atoms with van der Waals surface area (Å²) in [5.74, 6) is 0. The highest BCUT2D eigenvalue weighted by atomic mass is 15.1. The van der Waals surface area contributed by atoms with Gasteiger partial charge in [-0.3, -0.25) is 0 Å². The Hall–Kier alpha value is -0.0400. The Morgan fingerprint density at radius 3 is 1.92 bits per heavy atom. The predicted octanol–water partition coefficient (Wildman–Crippen LogP) is 3.07. The normalized spacial score (nSPS) is 19.6. The molecule has 76 valence electrons. The first-order valence-electron chi connectivity index (χ1n) is 5.71. The van der Waals surface area contributed by atoms with Gasteiger partial charge >= 0.3 is 0 Å². The SMILES string of the molecule is [CH2]CCN(CC[CH2])C1CCCCC1. The van der Waals surface area contributed by atoms with Crippen molar-refractivity contribution in [1.82, 2.24) is 4.90 Å². The van der Waals surface area contributed by atoms with Gasteiger partial charge in [-0.25, -0.2) is 0 Å². The summed E-state index contributed by atoms with van der Waals surface area (Å²) in [5.41, 5.74) is 0. The van der Waals surface area contributed by atoms with Crippen LogP contribution in [-0.2, 0) is 0 Å². The van der Waals surface area contributed by atoms with Gasteiger partial charge in [-0.2, -0.15) is 0 Å². The largest absolute Gasteiger partial charge is 0.300 e. The maximum Gasteiger partial charge on any atom is 0.00952 e. The van der Waals surface area contributed by atoms with Crippen molar-refractivity contribution < 1.29 is 0 Å². The Balaban J connectivity index is 2.32. The summed E-state index contributed by atoms with van der Waals surface area (Å²) in [5, 5.41) is 0. The van der Waals surface area contributed by atoms with Crippen LogP contribution >= 0.6 is 0 Å². The van der Waals surface area contributed by atoms with Crippen molar-refractivity contribution in [3.05, 3.63) is 13.8 Å². The predicted molar refractivity (Wildman–Crippen MR) is 58.4 cm³/mol. The minimum absolute atomic E-state index is 0.845.